The van der Waals surface area contributed by atoms with E-state index in [1.807, 2.05) is 0 Å². The van der Waals surface area contributed by atoms with Gasteiger partial charge in [0.2, 0.25) is 0 Å². The molecule has 1 aliphatic rings. The molecule has 0 aromatic heterocycles. The second kappa shape index (κ2) is 5.70. The molecule has 1 aromatic carbocycles. The molecule has 2 atom stereocenters. The summed E-state index contributed by atoms with van der Waals surface area (Å²) in [5, 5.41) is 12.9. The van der Waals surface area contributed by atoms with Gasteiger partial charge in [-0.2, -0.15) is 0 Å². The van der Waals surface area contributed by atoms with Crippen LogP contribution in [-0.4, -0.2) is 17.1 Å². The molecule has 4 N–H and O–H groups in total. The fourth-order valence-corrected chi connectivity index (χ4v) is 2.99. The molecule has 4 nitrogen and oxygen atoms in total. The number of hydrogen-bond donors (Lipinski definition) is 3. The number of nitrogens with one attached hydrogen (secondary N) is 1. The van der Waals surface area contributed by atoms with Gasteiger partial charge in [-0.05, 0) is 30.9 Å². The van der Waals surface area contributed by atoms with E-state index in [1.54, 1.807) is 6.07 Å². The summed E-state index contributed by atoms with van der Waals surface area (Å²) in [4.78, 5) is 11.3. The van der Waals surface area contributed by atoms with Gasteiger partial charge in [0.15, 0.2) is 0 Å². The molecule has 104 valence electrons. The summed E-state index contributed by atoms with van der Waals surface area (Å²) in [5.41, 5.74) is 6.64. The summed E-state index contributed by atoms with van der Waals surface area (Å²) in [6, 6.07) is 3.31. The number of aromatic carboxylic acids is 1. The molecule has 1 aliphatic carbocycles. The Hall–Kier alpha value is -1.42. The Morgan fingerprint density at radius 1 is 1.47 bits per heavy atom. The Morgan fingerprint density at radius 2 is 2.21 bits per heavy atom. The third kappa shape index (κ3) is 3.32. The van der Waals surface area contributed by atoms with Crippen molar-refractivity contribution in [3.8, 4) is 0 Å². The average Bonchev–Trinajstić information content (AvgIpc) is 2.32. The molecule has 0 spiro atoms. The zero-order valence-corrected chi connectivity index (χ0v) is 11.7. The smallest absolute Gasteiger partial charge is 0.337 e. The zero-order valence-electron chi connectivity index (χ0n) is 10.9. The number of carboxylic acids is 1. The van der Waals surface area contributed by atoms with E-state index >= 15 is 0 Å². The van der Waals surface area contributed by atoms with Crippen LogP contribution in [0.25, 0.3) is 0 Å². The molecule has 0 saturated heterocycles. The number of nitrogens with two attached hydrogens (primary N) is 1. The third-order valence-electron chi connectivity index (χ3n) is 3.63. The van der Waals surface area contributed by atoms with Crippen molar-refractivity contribution in [1.29, 1.82) is 0 Å². The van der Waals surface area contributed by atoms with Crippen LogP contribution >= 0.6 is 11.6 Å². The van der Waals surface area contributed by atoms with Crippen LogP contribution in [0.5, 0.6) is 0 Å². The molecule has 1 saturated carbocycles. The van der Waals surface area contributed by atoms with Crippen molar-refractivity contribution in [2.24, 2.45) is 5.92 Å². The molecule has 1 fully saturated rings. The Labute approximate surface area is 117 Å². The van der Waals surface area contributed by atoms with Gasteiger partial charge in [0.1, 0.15) is 0 Å². The highest BCUT2D eigenvalue weighted by atomic mass is 35.5. The molecule has 0 aliphatic heterocycles. The van der Waals surface area contributed by atoms with Gasteiger partial charge < -0.3 is 16.2 Å². The fourth-order valence-electron chi connectivity index (χ4n) is 2.71. The van der Waals surface area contributed by atoms with E-state index < -0.39 is 5.97 Å². The number of carbonyl (C=O) groups is 1. The minimum Gasteiger partial charge on any atom is -0.478 e. The van der Waals surface area contributed by atoms with Crippen molar-refractivity contribution >= 4 is 28.9 Å². The Kier molecular flexibility index (Phi) is 4.20. The topological polar surface area (TPSA) is 75.3 Å². The van der Waals surface area contributed by atoms with E-state index in [9.17, 15) is 9.90 Å². The number of rotatable bonds is 3. The summed E-state index contributed by atoms with van der Waals surface area (Å²) in [5.74, 6) is -0.354. The van der Waals surface area contributed by atoms with Crippen molar-refractivity contribution < 1.29 is 9.90 Å². The molecule has 19 heavy (non-hydrogen) atoms. The average molecular weight is 283 g/mol. The van der Waals surface area contributed by atoms with Gasteiger partial charge in [0, 0.05) is 11.7 Å². The van der Waals surface area contributed by atoms with Crippen molar-refractivity contribution in [1.82, 2.24) is 0 Å². The number of carboxylic acid groups (broad SMARTS) is 1. The second-order valence-electron chi connectivity index (χ2n) is 5.34. The first-order valence-corrected chi connectivity index (χ1v) is 6.94. The van der Waals surface area contributed by atoms with Crippen LogP contribution in [0.15, 0.2) is 12.1 Å². The zero-order chi connectivity index (χ0) is 14.0. The lowest BCUT2D eigenvalue weighted by Gasteiger charge is -2.29. The molecule has 2 rings (SSSR count). The van der Waals surface area contributed by atoms with E-state index in [4.69, 9.17) is 17.3 Å². The number of nitrogen functional groups attached to an aromatic ring is 1. The van der Waals surface area contributed by atoms with E-state index in [2.05, 4.69) is 12.2 Å². The third-order valence-corrected chi connectivity index (χ3v) is 3.93. The van der Waals surface area contributed by atoms with Crippen LogP contribution in [0, 0.1) is 5.92 Å². The molecule has 0 radical (unpaired) electrons. The van der Waals surface area contributed by atoms with E-state index in [-0.39, 0.29) is 11.6 Å². The van der Waals surface area contributed by atoms with Gasteiger partial charge in [-0.15, -0.1) is 0 Å². The highest BCUT2D eigenvalue weighted by Crippen LogP contribution is 2.33. The predicted molar refractivity (Wildman–Crippen MR) is 77.9 cm³/mol. The first kappa shape index (κ1) is 14.0. The van der Waals surface area contributed by atoms with Gasteiger partial charge in [-0.25, -0.2) is 4.79 Å². The predicted octanol–water partition coefficient (Wildman–Crippen LogP) is 3.61. The Morgan fingerprint density at radius 3 is 2.84 bits per heavy atom. The van der Waals surface area contributed by atoms with Gasteiger partial charge in [-0.3, -0.25) is 0 Å². The van der Waals surface area contributed by atoms with Crippen molar-refractivity contribution in [3.63, 3.8) is 0 Å². The monoisotopic (exact) mass is 282 g/mol. The number of benzene rings is 1. The molecule has 0 bridgehead atoms. The van der Waals surface area contributed by atoms with Crippen molar-refractivity contribution in [3.05, 3.63) is 22.7 Å². The molecule has 0 amide bonds. The summed E-state index contributed by atoms with van der Waals surface area (Å²) in [6.45, 7) is 2.22. The minimum absolute atomic E-state index is 0.142. The normalized spacial score (nSPS) is 23.1. The fraction of sp³-hybridized carbons (Fsp3) is 0.500. The van der Waals surface area contributed by atoms with E-state index in [0.29, 0.717) is 22.3 Å². The van der Waals surface area contributed by atoms with Gasteiger partial charge in [-0.1, -0.05) is 31.4 Å². The number of hydrogen-bond acceptors (Lipinski definition) is 3. The summed E-state index contributed by atoms with van der Waals surface area (Å²) in [7, 11) is 0. The van der Waals surface area contributed by atoms with Crippen LogP contribution in [0.4, 0.5) is 11.4 Å². The van der Waals surface area contributed by atoms with Crippen molar-refractivity contribution in [2.75, 3.05) is 11.1 Å². The van der Waals surface area contributed by atoms with E-state index in [1.165, 1.54) is 12.5 Å². The van der Waals surface area contributed by atoms with Gasteiger partial charge in [0.25, 0.3) is 0 Å². The largest absolute Gasteiger partial charge is 0.478 e. The molecule has 5 heteroatoms. The maximum Gasteiger partial charge on any atom is 0.337 e. The Bertz CT molecular complexity index is 491. The number of anilines is 2. The standard InChI is InChI=1S/C14H19ClN2O2/c1-8-3-2-4-10(5-8)17-13-11(14(18)19)6-9(16)7-12(13)15/h6-8,10,17H,2-5,16H2,1H3,(H,18,19). The molecular formula is C14H19ClN2O2. The van der Waals surface area contributed by atoms with Crippen molar-refractivity contribution in [2.45, 2.75) is 38.6 Å². The Balaban J connectivity index is 2.26. The molecule has 0 heterocycles. The second-order valence-corrected chi connectivity index (χ2v) is 5.75. The lowest BCUT2D eigenvalue weighted by molar-refractivity contribution is 0.0698. The van der Waals surface area contributed by atoms with Crippen LogP contribution in [0.2, 0.25) is 5.02 Å². The van der Waals surface area contributed by atoms with Gasteiger partial charge >= 0.3 is 5.97 Å². The molecule has 1 aromatic rings. The quantitative estimate of drug-likeness (QED) is 0.740. The first-order chi connectivity index (χ1) is 8.97. The highest BCUT2D eigenvalue weighted by Gasteiger charge is 2.22. The van der Waals surface area contributed by atoms with Crippen LogP contribution in [0.1, 0.15) is 43.0 Å². The maximum absolute atomic E-state index is 11.3. The summed E-state index contributed by atoms with van der Waals surface area (Å²) >= 11 is 6.13. The molecule has 2 unspecified atom stereocenters. The lowest BCUT2D eigenvalue weighted by Crippen LogP contribution is -2.27. The van der Waals surface area contributed by atoms with Crippen LogP contribution < -0.4 is 11.1 Å². The lowest BCUT2D eigenvalue weighted by atomic mass is 9.87. The van der Waals surface area contributed by atoms with Gasteiger partial charge in [0.05, 0.1) is 16.3 Å². The van der Waals surface area contributed by atoms with Crippen LogP contribution in [-0.2, 0) is 0 Å². The summed E-state index contributed by atoms with van der Waals surface area (Å²) in [6.07, 6.45) is 4.48. The minimum atomic E-state index is -1.01. The SMILES string of the molecule is CC1CCCC(Nc2c(Cl)cc(N)cc2C(=O)O)C1. The number of halogens is 1. The summed E-state index contributed by atoms with van der Waals surface area (Å²) < 4.78 is 0. The first-order valence-electron chi connectivity index (χ1n) is 6.56. The highest BCUT2D eigenvalue weighted by molar-refractivity contribution is 6.34. The van der Waals surface area contributed by atoms with Crippen LogP contribution in [0.3, 0.4) is 0 Å². The molecular weight excluding hydrogens is 264 g/mol. The maximum atomic E-state index is 11.3. The van der Waals surface area contributed by atoms with E-state index in [0.717, 1.165) is 19.3 Å².